The van der Waals surface area contributed by atoms with Crippen molar-refractivity contribution in [1.29, 1.82) is 0 Å². The first-order valence-corrected chi connectivity index (χ1v) is 4.61. The van der Waals surface area contributed by atoms with Crippen molar-refractivity contribution in [2.45, 2.75) is 0 Å². The van der Waals surface area contributed by atoms with Crippen molar-refractivity contribution in [2.24, 2.45) is 0 Å². The van der Waals surface area contributed by atoms with Gasteiger partial charge in [0.05, 0.1) is 10.6 Å². The van der Waals surface area contributed by atoms with Crippen molar-refractivity contribution >= 4 is 23.3 Å². The molecular formula is C7H7FN2O2S. The summed E-state index contributed by atoms with van der Waals surface area (Å²) in [6.45, 7) is 0. The summed E-state index contributed by atoms with van der Waals surface area (Å²) in [7, 11) is 0. The number of hydrogen-bond acceptors (Lipinski definition) is 4. The SMILES string of the molecule is CSNc1cccc([N+](=O)[O-])c1F. The number of hydrogen-bond donors (Lipinski definition) is 1. The summed E-state index contributed by atoms with van der Waals surface area (Å²) in [5.41, 5.74) is -0.388. The maximum absolute atomic E-state index is 13.2. The third-order valence-corrected chi connectivity index (χ3v) is 1.81. The molecule has 0 heterocycles. The molecule has 1 rings (SSSR count). The zero-order chi connectivity index (χ0) is 9.84. The van der Waals surface area contributed by atoms with E-state index in [2.05, 4.69) is 4.72 Å². The van der Waals surface area contributed by atoms with E-state index in [9.17, 15) is 14.5 Å². The van der Waals surface area contributed by atoms with Gasteiger partial charge in [-0.15, -0.1) is 0 Å². The Hall–Kier alpha value is -1.30. The van der Waals surface area contributed by atoms with E-state index in [1.807, 2.05) is 0 Å². The van der Waals surface area contributed by atoms with Crippen LogP contribution in [0.2, 0.25) is 0 Å². The smallest absolute Gasteiger partial charge is 0.306 e. The molecule has 0 aliphatic heterocycles. The number of nitro benzene ring substituents is 1. The molecule has 0 spiro atoms. The highest BCUT2D eigenvalue weighted by Gasteiger charge is 2.16. The third kappa shape index (κ3) is 2.09. The summed E-state index contributed by atoms with van der Waals surface area (Å²) in [6, 6.07) is 4.00. The molecule has 0 fully saturated rings. The summed E-state index contributed by atoms with van der Waals surface area (Å²) >= 11 is 1.18. The van der Waals surface area contributed by atoms with Gasteiger partial charge >= 0.3 is 5.69 Å². The Morgan fingerprint density at radius 3 is 2.85 bits per heavy atom. The lowest BCUT2D eigenvalue weighted by Crippen LogP contribution is -1.96. The Morgan fingerprint density at radius 2 is 2.31 bits per heavy atom. The second-order valence-corrected chi connectivity index (χ2v) is 2.81. The number of nitro groups is 1. The zero-order valence-electron chi connectivity index (χ0n) is 6.78. The van der Waals surface area contributed by atoms with Crippen molar-refractivity contribution in [1.82, 2.24) is 0 Å². The molecule has 13 heavy (non-hydrogen) atoms. The first kappa shape index (κ1) is 9.79. The Balaban J connectivity index is 3.10. The van der Waals surface area contributed by atoms with E-state index in [1.54, 1.807) is 6.26 Å². The molecule has 4 nitrogen and oxygen atoms in total. The summed E-state index contributed by atoms with van der Waals surface area (Å²) in [5.74, 6) is -0.832. The monoisotopic (exact) mass is 202 g/mol. The van der Waals surface area contributed by atoms with Crippen LogP contribution in [0.25, 0.3) is 0 Å². The average molecular weight is 202 g/mol. The molecule has 0 aromatic heterocycles. The van der Waals surface area contributed by atoms with Crippen molar-refractivity contribution in [3.8, 4) is 0 Å². The molecule has 0 saturated carbocycles. The Bertz CT molecular complexity index is 332. The minimum absolute atomic E-state index is 0.127. The van der Waals surface area contributed by atoms with Crippen LogP contribution in [0.3, 0.4) is 0 Å². The lowest BCUT2D eigenvalue weighted by Gasteiger charge is -2.02. The Morgan fingerprint density at radius 1 is 1.62 bits per heavy atom. The van der Waals surface area contributed by atoms with Gasteiger partial charge in [0.2, 0.25) is 5.82 Å². The molecule has 6 heteroatoms. The topological polar surface area (TPSA) is 55.2 Å². The molecule has 1 N–H and O–H groups in total. The first-order chi connectivity index (χ1) is 6.16. The van der Waals surface area contributed by atoms with E-state index >= 15 is 0 Å². The van der Waals surface area contributed by atoms with Crippen LogP contribution >= 0.6 is 11.9 Å². The normalized spacial score (nSPS) is 9.69. The predicted octanol–water partition coefficient (Wildman–Crippen LogP) is 2.42. The van der Waals surface area contributed by atoms with Gasteiger partial charge in [-0.25, -0.2) is 0 Å². The Labute approximate surface area is 78.4 Å². The quantitative estimate of drug-likeness (QED) is 0.464. The van der Waals surface area contributed by atoms with Crippen LogP contribution in [0, 0.1) is 15.9 Å². The number of rotatable bonds is 3. The third-order valence-electron chi connectivity index (χ3n) is 1.39. The molecule has 0 atom stereocenters. The minimum atomic E-state index is -0.832. The van der Waals surface area contributed by atoms with Crippen molar-refractivity contribution in [2.75, 3.05) is 11.0 Å². The van der Waals surface area contributed by atoms with E-state index < -0.39 is 16.4 Å². The van der Waals surface area contributed by atoms with Gasteiger partial charge in [-0.3, -0.25) is 10.1 Å². The molecule has 0 saturated heterocycles. The van der Waals surface area contributed by atoms with Crippen molar-refractivity contribution < 1.29 is 9.31 Å². The van der Waals surface area contributed by atoms with Gasteiger partial charge in [0, 0.05) is 12.3 Å². The molecule has 0 bridgehead atoms. The van der Waals surface area contributed by atoms with Crippen LogP contribution in [0.1, 0.15) is 0 Å². The van der Waals surface area contributed by atoms with Crippen molar-refractivity contribution in [3.05, 3.63) is 34.1 Å². The summed E-state index contributed by atoms with van der Waals surface area (Å²) in [6.07, 6.45) is 1.71. The predicted molar refractivity (Wildman–Crippen MR) is 50.2 cm³/mol. The van der Waals surface area contributed by atoms with Crippen LogP contribution in [-0.4, -0.2) is 11.2 Å². The second kappa shape index (κ2) is 4.08. The van der Waals surface area contributed by atoms with Gasteiger partial charge in [0.1, 0.15) is 0 Å². The lowest BCUT2D eigenvalue weighted by atomic mass is 10.3. The zero-order valence-corrected chi connectivity index (χ0v) is 7.60. The van der Waals surface area contributed by atoms with Gasteiger partial charge in [0.25, 0.3) is 0 Å². The second-order valence-electron chi connectivity index (χ2n) is 2.20. The van der Waals surface area contributed by atoms with Crippen LogP contribution in [-0.2, 0) is 0 Å². The average Bonchev–Trinajstić information content (AvgIpc) is 2.08. The van der Waals surface area contributed by atoms with Gasteiger partial charge in [-0.1, -0.05) is 18.0 Å². The fourth-order valence-electron chi connectivity index (χ4n) is 0.850. The number of anilines is 1. The van der Waals surface area contributed by atoms with E-state index in [-0.39, 0.29) is 5.69 Å². The number of benzene rings is 1. The highest BCUT2D eigenvalue weighted by atomic mass is 32.2. The fourth-order valence-corrected chi connectivity index (χ4v) is 1.23. The molecule has 70 valence electrons. The van der Waals surface area contributed by atoms with E-state index in [1.165, 1.54) is 24.1 Å². The number of nitrogens with one attached hydrogen (secondary N) is 1. The van der Waals surface area contributed by atoms with Crippen LogP contribution in [0.4, 0.5) is 15.8 Å². The van der Waals surface area contributed by atoms with Gasteiger partial charge in [-0.2, -0.15) is 4.39 Å². The van der Waals surface area contributed by atoms with Crippen molar-refractivity contribution in [3.63, 3.8) is 0 Å². The summed E-state index contributed by atoms with van der Waals surface area (Å²) < 4.78 is 15.8. The maximum atomic E-state index is 13.2. The van der Waals surface area contributed by atoms with E-state index in [0.29, 0.717) is 0 Å². The van der Waals surface area contributed by atoms with Crippen LogP contribution < -0.4 is 4.72 Å². The van der Waals surface area contributed by atoms with Gasteiger partial charge in [-0.05, 0) is 6.07 Å². The fraction of sp³-hybridized carbons (Fsp3) is 0.143. The van der Waals surface area contributed by atoms with E-state index in [4.69, 9.17) is 0 Å². The Kier molecular flexibility index (Phi) is 3.07. The molecule has 0 unspecified atom stereocenters. The molecule has 0 aliphatic carbocycles. The molecule has 1 aromatic carbocycles. The number of halogens is 1. The highest BCUT2D eigenvalue weighted by Crippen LogP contribution is 2.25. The van der Waals surface area contributed by atoms with Crippen LogP contribution in [0.5, 0.6) is 0 Å². The molecular weight excluding hydrogens is 195 g/mol. The van der Waals surface area contributed by atoms with Gasteiger partial charge < -0.3 is 4.72 Å². The highest BCUT2D eigenvalue weighted by molar-refractivity contribution is 7.99. The number of nitrogens with zero attached hydrogens (tertiary/aromatic N) is 1. The summed E-state index contributed by atoms with van der Waals surface area (Å²) in [4.78, 5) is 9.56. The lowest BCUT2D eigenvalue weighted by molar-refractivity contribution is -0.387. The maximum Gasteiger partial charge on any atom is 0.306 e. The molecule has 0 radical (unpaired) electrons. The van der Waals surface area contributed by atoms with E-state index in [0.717, 1.165) is 6.07 Å². The molecule has 1 aromatic rings. The summed E-state index contributed by atoms with van der Waals surface area (Å²) in [5, 5.41) is 10.3. The minimum Gasteiger partial charge on any atom is -0.327 e. The standard InChI is InChI=1S/C7H7FN2O2S/c1-13-9-5-3-2-4-6(7(5)8)10(11)12/h2-4,9H,1H3. The van der Waals surface area contributed by atoms with Gasteiger partial charge in [0.15, 0.2) is 0 Å². The van der Waals surface area contributed by atoms with Crippen LogP contribution in [0.15, 0.2) is 18.2 Å². The largest absolute Gasteiger partial charge is 0.327 e. The molecule has 0 amide bonds. The first-order valence-electron chi connectivity index (χ1n) is 3.38. The molecule has 0 aliphatic rings.